The van der Waals surface area contributed by atoms with Crippen LogP contribution in [-0.2, 0) is 6.42 Å². The smallest absolute Gasteiger partial charge is 0.122 e. The van der Waals surface area contributed by atoms with Crippen LogP contribution in [0.25, 0.3) is 0 Å². The fourth-order valence-electron chi connectivity index (χ4n) is 2.54. The van der Waals surface area contributed by atoms with E-state index in [-0.39, 0.29) is 0 Å². The van der Waals surface area contributed by atoms with Crippen LogP contribution in [0.5, 0.6) is 5.75 Å². The largest absolute Gasteiger partial charge is 0.493 e. The number of nitrogens with one attached hydrogen (secondary N) is 1. The maximum absolute atomic E-state index is 5.55. The molecule has 2 aromatic carbocycles. The maximum atomic E-state index is 5.55. The van der Waals surface area contributed by atoms with Crippen LogP contribution in [0.15, 0.2) is 42.5 Å². The summed E-state index contributed by atoms with van der Waals surface area (Å²) in [5, 5.41) is 3.55. The van der Waals surface area contributed by atoms with Gasteiger partial charge in [-0.1, -0.05) is 18.2 Å². The van der Waals surface area contributed by atoms with Gasteiger partial charge in [-0.3, -0.25) is 0 Å². The Morgan fingerprint density at radius 2 is 2.05 bits per heavy atom. The van der Waals surface area contributed by atoms with Gasteiger partial charge in [0.15, 0.2) is 0 Å². The highest BCUT2D eigenvalue weighted by Gasteiger charge is 2.14. The van der Waals surface area contributed by atoms with Gasteiger partial charge < -0.3 is 10.1 Å². The van der Waals surface area contributed by atoms with Crippen LogP contribution in [0.1, 0.15) is 29.7 Å². The van der Waals surface area contributed by atoms with E-state index in [1.54, 1.807) is 0 Å². The number of hydrogen-bond donors (Lipinski definition) is 1. The van der Waals surface area contributed by atoms with Gasteiger partial charge in [0.1, 0.15) is 5.75 Å². The monoisotopic (exact) mass is 253 g/mol. The lowest BCUT2D eigenvalue weighted by Crippen LogP contribution is -2.06. The van der Waals surface area contributed by atoms with Crippen molar-refractivity contribution in [3.8, 4) is 5.75 Å². The van der Waals surface area contributed by atoms with E-state index in [9.17, 15) is 0 Å². The molecule has 1 heterocycles. The molecule has 1 N–H and O–H groups in total. The molecule has 98 valence electrons. The van der Waals surface area contributed by atoms with Crippen molar-refractivity contribution in [3.05, 3.63) is 59.2 Å². The Morgan fingerprint density at radius 1 is 1.16 bits per heavy atom. The van der Waals surface area contributed by atoms with Gasteiger partial charge in [-0.25, -0.2) is 0 Å². The molecular formula is C17H19NO. The Bertz CT molecular complexity index is 592. The van der Waals surface area contributed by atoms with Crippen LogP contribution in [0.4, 0.5) is 5.69 Å². The van der Waals surface area contributed by atoms with E-state index in [4.69, 9.17) is 4.74 Å². The molecule has 0 aromatic heterocycles. The Morgan fingerprint density at radius 3 is 2.89 bits per heavy atom. The number of ether oxygens (including phenoxy) is 1. The van der Waals surface area contributed by atoms with Crippen molar-refractivity contribution in [1.29, 1.82) is 0 Å². The third-order valence-corrected chi connectivity index (χ3v) is 3.61. The molecule has 1 aliphatic heterocycles. The van der Waals surface area contributed by atoms with E-state index in [0.717, 1.165) is 18.8 Å². The van der Waals surface area contributed by atoms with Gasteiger partial charge in [0.05, 0.1) is 6.61 Å². The van der Waals surface area contributed by atoms with Crippen molar-refractivity contribution in [1.82, 2.24) is 0 Å². The first-order chi connectivity index (χ1) is 9.22. The summed E-state index contributed by atoms with van der Waals surface area (Å²) in [6.07, 6.45) is 1.03. The molecule has 0 spiro atoms. The van der Waals surface area contributed by atoms with Gasteiger partial charge in [0, 0.05) is 18.2 Å². The summed E-state index contributed by atoms with van der Waals surface area (Å²) in [7, 11) is 0. The Labute approximate surface area is 114 Å². The summed E-state index contributed by atoms with van der Waals surface area (Å²) >= 11 is 0. The standard InChI is InChI=1S/C17H19NO/c1-12-4-3-5-16(10-12)18-13(2)14-6-7-17-15(11-14)8-9-19-17/h3-7,10-11,13,18H,8-9H2,1-2H3. The zero-order valence-corrected chi connectivity index (χ0v) is 11.4. The number of aryl methyl sites for hydroxylation is 1. The average molecular weight is 253 g/mol. The summed E-state index contributed by atoms with van der Waals surface area (Å²) in [6, 6.07) is 15.3. The Hall–Kier alpha value is -1.96. The predicted molar refractivity (Wildman–Crippen MR) is 78.9 cm³/mol. The van der Waals surface area contributed by atoms with E-state index in [0.29, 0.717) is 6.04 Å². The Kier molecular flexibility index (Phi) is 3.16. The number of hydrogen-bond acceptors (Lipinski definition) is 2. The van der Waals surface area contributed by atoms with Crippen LogP contribution in [-0.4, -0.2) is 6.61 Å². The van der Waals surface area contributed by atoms with Crippen LogP contribution in [0, 0.1) is 6.92 Å². The number of rotatable bonds is 3. The highest BCUT2D eigenvalue weighted by atomic mass is 16.5. The van der Waals surface area contributed by atoms with Crippen molar-refractivity contribution in [3.63, 3.8) is 0 Å². The van der Waals surface area contributed by atoms with Gasteiger partial charge in [-0.05, 0) is 54.8 Å². The second-order valence-electron chi connectivity index (χ2n) is 5.20. The van der Waals surface area contributed by atoms with Crippen LogP contribution >= 0.6 is 0 Å². The van der Waals surface area contributed by atoms with Crippen molar-refractivity contribution >= 4 is 5.69 Å². The zero-order chi connectivity index (χ0) is 13.2. The molecule has 1 aliphatic rings. The van der Waals surface area contributed by atoms with Crippen molar-refractivity contribution in [2.45, 2.75) is 26.3 Å². The van der Waals surface area contributed by atoms with E-state index in [1.807, 2.05) is 0 Å². The second-order valence-corrected chi connectivity index (χ2v) is 5.20. The summed E-state index contributed by atoms with van der Waals surface area (Å²) < 4.78 is 5.55. The van der Waals surface area contributed by atoms with E-state index in [2.05, 4.69) is 61.6 Å². The van der Waals surface area contributed by atoms with Gasteiger partial charge in [-0.15, -0.1) is 0 Å². The lowest BCUT2D eigenvalue weighted by molar-refractivity contribution is 0.357. The van der Waals surface area contributed by atoms with Crippen LogP contribution in [0.3, 0.4) is 0 Å². The molecule has 0 amide bonds. The molecule has 0 saturated heterocycles. The molecule has 1 unspecified atom stereocenters. The minimum absolute atomic E-state index is 0.299. The molecule has 2 aromatic rings. The van der Waals surface area contributed by atoms with E-state index >= 15 is 0 Å². The van der Waals surface area contributed by atoms with E-state index < -0.39 is 0 Å². The number of anilines is 1. The lowest BCUT2D eigenvalue weighted by atomic mass is 10.0. The minimum atomic E-state index is 0.299. The fourth-order valence-corrected chi connectivity index (χ4v) is 2.54. The maximum Gasteiger partial charge on any atom is 0.122 e. The van der Waals surface area contributed by atoms with Gasteiger partial charge >= 0.3 is 0 Å². The molecule has 19 heavy (non-hydrogen) atoms. The topological polar surface area (TPSA) is 21.3 Å². The summed E-state index contributed by atoms with van der Waals surface area (Å²) in [6.45, 7) is 5.13. The normalized spacial score (nSPS) is 14.6. The molecule has 0 aliphatic carbocycles. The van der Waals surface area contributed by atoms with Crippen molar-refractivity contribution in [2.24, 2.45) is 0 Å². The molecular weight excluding hydrogens is 234 g/mol. The third kappa shape index (κ3) is 2.58. The third-order valence-electron chi connectivity index (χ3n) is 3.61. The first-order valence-electron chi connectivity index (χ1n) is 6.81. The predicted octanol–water partition coefficient (Wildman–Crippen LogP) is 4.10. The average Bonchev–Trinajstić information content (AvgIpc) is 2.85. The summed E-state index contributed by atoms with van der Waals surface area (Å²) in [5.41, 5.74) is 5.09. The van der Waals surface area contributed by atoms with Crippen LogP contribution < -0.4 is 10.1 Å². The second kappa shape index (κ2) is 4.96. The molecule has 0 radical (unpaired) electrons. The summed E-state index contributed by atoms with van der Waals surface area (Å²) in [4.78, 5) is 0. The van der Waals surface area contributed by atoms with Gasteiger partial charge in [-0.2, -0.15) is 0 Å². The molecule has 0 bridgehead atoms. The highest BCUT2D eigenvalue weighted by molar-refractivity contribution is 5.48. The van der Waals surface area contributed by atoms with Gasteiger partial charge in [0.25, 0.3) is 0 Å². The number of benzene rings is 2. The quantitative estimate of drug-likeness (QED) is 0.889. The summed E-state index contributed by atoms with van der Waals surface area (Å²) in [5.74, 6) is 1.05. The molecule has 0 saturated carbocycles. The first kappa shape index (κ1) is 12.1. The fraction of sp³-hybridized carbons (Fsp3) is 0.294. The Balaban J connectivity index is 1.78. The molecule has 3 rings (SSSR count). The van der Waals surface area contributed by atoms with Gasteiger partial charge in [0.2, 0.25) is 0 Å². The lowest BCUT2D eigenvalue weighted by Gasteiger charge is -2.17. The highest BCUT2D eigenvalue weighted by Crippen LogP contribution is 2.29. The first-order valence-corrected chi connectivity index (χ1v) is 6.81. The molecule has 2 nitrogen and oxygen atoms in total. The molecule has 0 fully saturated rings. The van der Waals surface area contributed by atoms with Crippen LogP contribution in [0.2, 0.25) is 0 Å². The zero-order valence-electron chi connectivity index (χ0n) is 11.4. The van der Waals surface area contributed by atoms with E-state index in [1.165, 1.54) is 22.4 Å². The number of fused-ring (bicyclic) bond motifs is 1. The van der Waals surface area contributed by atoms with Crippen molar-refractivity contribution < 1.29 is 4.74 Å². The SMILES string of the molecule is Cc1cccc(NC(C)c2ccc3c(c2)CCO3)c1. The molecule has 2 heteroatoms. The van der Waals surface area contributed by atoms with Crippen molar-refractivity contribution in [2.75, 3.05) is 11.9 Å². The molecule has 1 atom stereocenters. The minimum Gasteiger partial charge on any atom is -0.493 e.